The van der Waals surface area contributed by atoms with Crippen molar-refractivity contribution in [3.05, 3.63) is 50.1 Å². The Labute approximate surface area is 160 Å². The minimum Gasteiger partial charge on any atom is -0.332 e. The lowest BCUT2D eigenvalue weighted by Crippen LogP contribution is -2.09. The topological polar surface area (TPSA) is 102 Å². The summed E-state index contributed by atoms with van der Waals surface area (Å²) in [7, 11) is 0. The van der Waals surface area contributed by atoms with Crippen LogP contribution in [0.2, 0.25) is 5.02 Å². The molecule has 0 amide bonds. The number of aryl methyl sites for hydroxylation is 2. The van der Waals surface area contributed by atoms with Gasteiger partial charge in [-0.1, -0.05) is 28.9 Å². The molecular weight excluding hydrogens is 388 g/mol. The summed E-state index contributed by atoms with van der Waals surface area (Å²) in [5, 5.41) is 12.2. The number of benzene rings is 1. The fourth-order valence-corrected chi connectivity index (χ4v) is 4.26. The highest BCUT2D eigenvalue weighted by molar-refractivity contribution is 7.18. The van der Waals surface area contributed by atoms with E-state index in [0.717, 1.165) is 15.3 Å². The Kier molecular flexibility index (Phi) is 3.43. The van der Waals surface area contributed by atoms with Crippen molar-refractivity contribution in [1.82, 2.24) is 30.0 Å². The van der Waals surface area contributed by atoms with Crippen LogP contribution < -0.4 is 5.56 Å². The van der Waals surface area contributed by atoms with Crippen molar-refractivity contribution in [3.8, 4) is 23.0 Å². The van der Waals surface area contributed by atoms with Crippen LogP contribution in [0, 0.1) is 13.8 Å². The van der Waals surface area contributed by atoms with Gasteiger partial charge in [-0.25, -0.2) is 9.73 Å². The smallest absolute Gasteiger partial charge is 0.282 e. The molecule has 0 bridgehead atoms. The number of hydrogen-bond acceptors (Lipinski definition) is 7. The first kappa shape index (κ1) is 16.2. The fourth-order valence-electron chi connectivity index (χ4n) is 2.93. The summed E-state index contributed by atoms with van der Waals surface area (Å²) in [4.78, 5) is 22.9. The van der Waals surface area contributed by atoms with Crippen molar-refractivity contribution < 1.29 is 4.52 Å². The standard InChI is InChI=1S/C17H11ClN6O2S/c1-7-8(2)27-17-11(7)15(25)20-14-12(21-23-24(14)17)16-19-13(22-26-16)9-5-3-4-6-10(9)18/h3-6,23H,1-2H3. The van der Waals surface area contributed by atoms with E-state index in [0.29, 0.717) is 33.1 Å². The maximum atomic E-state index is 12.5. The number of rotatable bonds is 2. The molecule has 0 spiro atoms. The monoisotopic (exact) mass is 398 g/mol. The lowest BCUT2D eigenvalue weighted by Gasteiger charge is -1.96. The molecule has 27 heavy (non-hydrogen) atoms. The van der Waals surface area contributed by atoms with Gasteiger partial charge in [0.25, 0.3) is 11.4 Å². The predicted octanol–water partition coefficient (Wildman–Crippen LogP) is 3.62. The second kappa shape index (κ2) is 5.73. The zero-order chi connectivity index (χ0) is 18.7. The second-order valence-electron chi connectivity index (χ2n) is 6.00. The molecule has 0 aliphatic rings. The molecule has 0 saturated carbocycles. The van der Waals surface area contributed by atoms with E-state index in [1.54, 1.807) is 16.6 Å². The molecule has 0 radical (unpaired) electrons. The SMILES string of the molecule is Cc1sc2c(c1C)c(=O)nc1c(-c3nc(-c4ccccc4Cl)no3)n[nH]n12. The van der Waals surface area contributed by atoms with Gasteiger partial charge in [0.1, 0.15) is 4.83 Å². The molecule has 5 aromatic rings. The third-order valence-corrected chi connectivity index (χ3v) is 5.94. The number of H-pyrrole nitrogens is 1. The predicted molar refractivity (Wildman–Crippen MR) is 102 cm³/mol. The Balaban J connectivity index is 1.72. The number of hydrogen-bond donors (Lipinski definition) is 1. The molecule has 0 saturated heterocycles. The highest BCUT2D eigenvalue weighted by Gasteiger charge is 2.22. The van der Waals surface area contributed by atoms with Crippen LogP contribution in [0.15, 0.2) is 33.6 Å². The van der Waals surface area contributed by atoms with Gasteiger partial charge in [0.15, 0.2) is 11.3 Å². The van der Waals surface area contributed by atoms with Crippen LogP contribution >= 0.6 is 22.9 Å². The molecule has 8 nitrogen and oxygen atoms in total. The van der Waals surface area contributed by atoms with Crippen LogP contribution in [0.1, 0.15) is 10.4 Å². The molecule has 10 heteroatoms. The van der Waals surface area contributed by atoms with E-state index in [1.807, 2.05) is 26.0 Å². The average Bonchev–Trinajstić information content (AvgIpc) is 3.34. The summed E-state index contributed by atoms with van der Waals surface area (Å²) < 4.78 is 7.02. The Morgan fingerprint density at radius 2 is 2.04 bits per heavy atom. The van der Waals surface area contributed by atoms with Gasteiger partial charge < -0.3 is 4.52 Å². The van der Waals surface area contributed by atoms with Crippen molar-refractivity contribution in [2.45, 2.75) is 13.8 Å². The number of aromatic nitrogens is 6. The molecular formula is C17H11ClN6O2S. The maximum Gasteiger partial charge on any atom is 0.282 e. The van der Waals surface area contributed by atoms with Crippen molar-refractivity contribution in [2.24, 2.45) is 0 Å². The van der Waals surface area contributed by atoms with Crippen molar-refractivity contribution in [1.29, 1.82) is 0 Å². The van der Waals surface area contributed by atoms with Crippen LogP contribution in [0.25, 0.3) is 38.8 Å². The van der Waals surface area contributed by atoms with E-state index in [-0.39, 0.29) is 11.4 Å². The molecule has 1 aromatic carbocycles. The average molecular weight is 399 g/mol. The van der Waals surface area contributed by atoms with Gasteiger partial charge in [-0.2, -0.15) is 9.97 Å². The van der Waals surface area contributed by atoms with Crippen molar-refractivity contribution in [2.75, 3.05) is 0 Å². The quantitative estimate of drug-likeness (QED) is 0.487. The Bertz CT molecular complexity index is 1400. The van der Waals surface area contributed by atoms with Gasteiger partial charge in [0.05, 0.1) is 10.4 Å². The number of aromatic amines is 1. The normalized spacial score (nSPS) is 11.7. The van der Waals surface area contributed by atoms with E-state index in [4.69, 9.17) is 16.1 Å². The van der Waals surface area contributed by atoms with Gasteiger partial charge in [0.2, 0.25) is 5.82 Å². The number of thiophene rings is 1. The summed E-state index contributed by atoms with van der Waals surface area (Å²) >= 11 is 7.69. The van der Waals surface area contributed by atoms with Crippen molar-refractivity contribution in [3.63, 3.8) is 0 Å². The van der Waals surface area contributed by atoms with Gasteiger partial charge in [0, 0.05) is 10.4 Å². The first-order chi connectivity index (χ1) is 13.0. The summed E-state index contributed by atoms with van der Waals surface area (Å²) in [6.45, 7) is 3.88. The summed E-state index contributed by atoms with van der Waals surface area (Å²) in [6.07, 6.45) is 0. The number of halogens is 1. The van der Waals surface area contributed by atoms with E-state index in [9.17, 15) is 4.79 Å². The lowest BCUT2D eigenvalue weighted by atomic mass is 10.2. The zero-order valence-corrected chi connectivity index (χ0v) is 15.7. The summed E-state index contributed by atoms with van der Waals surface area (Å²) in [5.41, 5.74) is 1.91. The van der Waals surface area contributed by atoms with Crippen LogP contribution in [0.4, 0.5) is 0 Å². The minimum absolute atomic E-state index is 0.153. The molecule has 1 N–H and O–H groups in total. The zero-order valence-electron chi connectivity index (χ0n) is 14.1. The van der Waals surface area contributed by atoms with Gasteiger partial charge in [-0.05, 0) is 31.5 Å². The van der Waals surface area contributed by atoms with Gasteiger partial charge >= 0.3 is 0 Å². The first-order valence-corrected chi connectivity index (χ1v) is 9.20. The van der Waals surface area contributed by atoms with Crippen molar-refractivity contribution >= 4 is 38.8 Å². The third kappa shape index (κ3) is 2.32. The fraction of sp³-hybridized carbons (Fsp3) is 0.118. The van der Waals surface area contributed by atoms with Gasteiger partial charge in [-0.3, -0.25) is 4.79 Å². The highest BCUT2D eigenvalue weighted by Crippen LogP contribution is 2.31. The molecule has 134 valence electrons. The molecule has 5 rings (SSSR count). The molecule has 0 aliphatic heterocycles. The van der Waals surface area contributed by atoms with Crippen LogP contribution in [-0.4, -0.2) is 30.0 Å². The Morgan fingerprint density at radius 3 is 2.85 bits per heavy atom. The van der Waals surface area contributed by atoms with E-state index in [1.165, 1.54) is 11.3 Å². The van der Waals surface area contributed by atoms with E-state index in [2.05, 4.69) is 25.4 Å². The Hall–Kier alpha value is -3.04. The van der Waals surface area contributed by atoms with Crippen LogP contribution in [0.5, 0.6) is 0 Å². The molecule has 0 atom stereocenters. The van der Waals surface area contributed by atoms with E-state index < -0.39 is 0 Å². The molecule has 4 heterocycles. The third-order valence-electron chi connectivity index (χ3n) is 4.42. The molecule has 4 aromatic heterocycles. The van der Waals surface area contributed by atoms with E-state index >= 15 is 0 Å². The van der Waals surface area contributed by atoms with Gasteiger partial charge in [-0.15, -0.1) is 16.4 Å². The van der Waals surface area contributed by atoms with Crippen LogP contribution in [-0.2, 0) is 0 Å². The minimum atomic E-state index is -0.305. The number of nitrogens with zero attached hydrogens (tertiary/aromatic N) is 5. The largest absolute Gasteiger partial charge is 0.332 e. The number of fused-ring (bicyclic) bond motifs is 3. The summed E-state index contributed by atoms with van der Waals surface area (Å²) in [6, 6.07) is 7.19. The molecule has 0 aliphatic carbocycles. The highest BCUT2D eigenvalue weighted by atomic mass is 35.5. The maximum absolute atomic E-state index is 12.5. The lowest BCUT2D eigenvalue weighted by molar-refractivity contribution is 0.431. The number of nitrogens with one attached hydrogen (secondary N) is 1. The summed E-state index contributed by atoms with van der Waals surface area (Å²) in [5.74, 6) is 0.489. The Morgan fingerprint density at radius 1 is 1.22 bits per heavy atom. The first-order valence-electron chi connectivity index (χ1n) is 8.00. The van der Waals surface area contributed by atoms with Crippen LogP contribution in [0.3, 0.4) is 0 Å². The molecule has 0 fully saturated rings. The second-order valence-corrected chi connectivity index (χ2v) is 7.61. The molecule has 0 unspecified atom stereocenters.